The van der Waals surface area contributed by atoms with Gasteiger partial charge in [0.25, 0.3) is 0 Å². The molecular weight excluding hydrogens is 404 g/mol. The zero-order chi connectivity index (χ0) is 23.3. The van der Waals surface area contributed by atoms with Crippen molar-refractivity contribution in [1.29, 1.82) is 0 Å². The van der Waals surface area contributed by atoms with Crippen molar-refractivity contribution in [2.45, 2.75) is 65.6 Å². The number of rotatable bonds is 11. The van der Waals surface area contributed by atoms with E-state index >= 15 is 0 Å². The fourth-order valence-corrected chi connectivity index (χ4v) is 3.40. The molecule has 2 rings (SSSR count). The molecule has 1 aromatic carbocycles. The van der Waals surface area contributed by atoms with Gasteiger partial charge in [-0.2, -0.15) is 0 Å². The lowest BCUT2D eigenvalue weighted by atomic mass is 10.0. The van der Waals surface area contributed by atoms with Crippen molar-refractivity contribution < 1.29 is 19.1 Å². The first kappa shape index (κ1) is 25.7. The molecule has 6 heteroatoms. The molecule has 6 nitrogen and oxygen atoms in total. The number of carbonyl (C=O) groups excluding carboxylic acids is 2. The average molecular weight is 441 g/mol. The summed E-state index contributed by atoms with van der Waals surface area (Å²) in [7, 11) is 0. The first-order chi connectivity index (χ1) is 15.4. The minimum atomic E-state index is -0.351. The molecule has 1 unspecified atom stereocenters. The lowest BCUT2D eigenvalue weighted by Gasteiger charge is -2.26. The van der Waals surface area contributed by atoms with E-state index in [2.05, 4.69) is 24.2 Å². The topological polar surface area (TPSA) is 77.0 Å². The molecule has 32 heavy (non-hydrogen) atoms. The van der Waals surface area contributed by atoms with Crippen LogP contribution in [0, 0.1) is 5.92 Å². The maximum atomic E-state index is 12.8. The lowest BCUT2D eigenvalue weighted by molar-refractivity contribution is -0.156. The smallest absolute Gasteiger partial charge is 0.323 e. The van der Waals surface area contributed by atoms with Gasteiger partial charge in [-0.25, -0.2) is 0 Å². The molecule has 0 spiro atoms. The number of aliphatic imine (C=N–C) groups is 1. The number of carbonyl (C=O) groups is 2. The van der Waals surface area contributed by atoms with Gasteiger partial charge in [-0.1, -0.05) is 32.1 Å². The second-order valence-corrected chi connectivity index (χ2v) is 8.53. The number of benzene rings is 1. The fourth-order valence-electron chi connectivity index (χ4n) is 3.40. The Bertz CT molecular complexity index is 836. The molecule has 1 aliphatic rings. The van der Waals surface area contributed by atoms with Gasteiger partial charge in [0, 0.05) is 25.6 Å². The summed E-state index contributed by atoms with van der Waals surface area (Å²) in [5.74, 6) is 0.183. The van der Waals surface area contributed by atoms with E-state index in [1.54, 1.807) is 19.2 Å². The maximum absolute atomic E-state index is 12.8. The summed E-state index contributed by atoms with van der Waals surface area (Å²) in [4.78, 5) is 28.1. The van der Waals surface area contributed by atoms with Crippen molar-refractivity contribution in [3.8, 4) is 0 Å². The lowest BCUT2D eigenvalue weighted by Crippen LogP contribution is -2.41. The highest BCUT2D eigenvalue weighted by Gasteiger charge is 2.25. The van der Waals surface area contributed by atoms with E-state index in [9.17, 15) is 9.59 Å². The van der Waals surface area contributed by atoms with Gasteiger partial charge in [0.15, 0.2) is 0 Å². The first-order valence-corrected chi connectivity index (χ1v) is 11.4. The predicted molar refractivity (Wildman–Crippen MR) is 128 cm³/mol. The molecule has 0 saturated carbocycles. The molecule has 0 aliphatic carbocycles. The van der Waals surface area contributed by atoms with Gasteiger partial charge in [0.05, 0.1) is 18.9 Å². The molecular formula is C26H36N2O4. The van der Waals surface area contributed by atoms with E-state index < -0.39 is 0 Å². The highest BCUT2D eigenvalue weighted by atomic mass is 16.6. The second kappa shape index (κ2) is 13.8. The van der Waals surface area contributed by atoms with Crippen LogP contribution in [0.4, 0.5) is 5.69 Å². The molecule has 1 saturated heterocycles. The van der Waals surface area contributed by atoms with E-state index in [-0.39, 0.29) is 18.1 Å². The van der Waals surface area contributed by atoms with Crippen molar-refractivity contribution in [2.24, 2.45) is 10.9 Å². The van der Waals surface area contributed by atoms with Crippen LogP contribution in [0.15, 0.2) is 52.6 Å². The van der Waals surface area contributed by atoms with Crippen LogP contribution >= 0.6 is 0 Å². The highest BCUT2D eigenvalue weighted by Crippen LogP contribution is 2.17. The number of esters is 1. The summed E-state index contributed by atoms with van der Waals surface area (Å²) in [6.07, 6.45) is 8.45. The van der Waals surface area contributed by atoms with Crippen LogP contribution in [-0.2, 0) is 25.6 Å². The summed E-state index contributed by atoms with van der Waals surface area (Å²) in [6.45, 7) is 9.71. The number of aldehydes is 1. The minimum absolute atomic E-state index is 0.0527. The molecule has 1 aliphatic heterocycles. The van der Waals surface area contributed by atoms with Gasteiger partial charge >= 0.3 is 5.97 Å². The minimum Gasteiger partial charge on any atom is -0.461 e. The Hall–Kier alpha value is -2.57. The first-order valence-electron chi connectivity index (χ1n) is 11.4. The number of hydrogen-bond donors (Lipinski definition) is 1. The summed E-state index contributed by atoms with van der Waals surface area (Å²) < 4.78 is 11.1. The van der Waals surface area contributed by atoms with Crippen LogP contribution in [-0.4, -0.2) is 43.8 Å². The van der Waals surface area contributed by atoms with Crippen molar-refractivity contribution in [1.82, 2.24) is 5.32 Å². The van der Waals surface area contributed by atoms with Crippen LogP contribution in [0.25, 0.3) is 0 Å². The molecule has 1 heterocycles. The molecule has 0 aromatic heterocycles. The molecule has 1 atom stereocenters. The third-order valence-corrected chi connectivity index (χ3v) is 5.18. The van der Waals surface area contributed by atoms with E-state index in [0.29, 0.717) is 37.7 Å². The van der Waals surface area contributed by atoms with E-state index in [1.807, 2.05) is 37.3 Å². The number of nitrogens with zero attached hydrogens (tertiary/aromatic N) is 1. The van der Waals surface area contributed by atoms with Crippen LogP contribution in [0.2, 0.25) is 0 Å². The van der Waals surface area contributed by atoms with Crippen LogP contribution in [0.1, 0.15) is 52.5 Å². The van der Waals surface area contributed by atoms with Gasteiger partial charge in [-0.3, -0.25) is 14.6 Å². The summed E-state index contributed by atoms with van der Waals surface area (Å²) in [5.41, 5.74) is 3.36. The Morgan fingerprint density at radius 3 is 2.72 bits per heavy atom. The maximum Gasteiger partial charge on any atom is 0.323 e. The summed E-state index contributed by atoms with van der Waals surface area (Å²) in [5, 5.41) is 3.38. The zero-order valence-corrected chi connectivity index (χ0v) is 19.7. The standard InChI is InChI=1S/C26H36N2O4/c1-5-21(14-20(4)18-29)16-27-23-8-6-7-22(15-23)17-28-25(13-19(2)3)26(30)32-24-9-11-31-12-10-24/h5-8,14-16,18-19,24-25,28H,9-13,17H2,1-4H3/b20-14-,21-5+,27-16+. The highest BCUT2D eigenvalue weighted by molar-refractivity contribution is 5.87. The number of ether oxygens (including phenoxy) is 2. The summed E-state index contributed by atoms with van der Waals surface area (Å²) in [6, 6.07) is 7.52. The molecule has 174 valence electrons. The van der Waals surface area contributed by atoms with E-state index in [0.717, 1.165) is 36.0 Å². The van der Waals surface area contributed by atoms with Gasteiger partial charge in [-0.15, -0.1) is 0 Å². The van der Waals surface area contributed by atoms with E-state index in [1.165, 1.54) is 0 Å². The number of allylic oxidation sites excluding steroid dienone is 4. The Kier molecular flexibility index (Phi) is 11.0. The summed E-state index contributed by atoms with van der Waals surface area (Å²) >= 11 is 0. The van der Waals surface area contributed by atoms with Crippen LogP contribution in [0.3, 0.4) is 0 Å². The number of hydrogen-bond acceptors (Lipinski definition) is 6. The molecule has 1 aromatic rings. The largest absolute Gasteiger partial charge is 0.461 e. The molecule has 0 radical (unpaired) electrons. The van der Waals surface area contributed by atoms with Gasteiger partial charge in [-0.05, 0) is 61.1 Å². The zero-order valence-electron chi connectivity index (χ0n) is 19.7. The monoisotopic (exact) mass is 440 g/mol. The van der Waals surface area contributed by atoms with Crippen LogP contribution in [0.5, 0.6) is 0 Å². The van der Waals surface area contributed by atoms with Crippen molar-refractivity contribution >= 4 is 24.2 Å². The Labute approximate surface area is 191 Å². The van der Waals surface area contributed by atoms with Gasteiger partial charge < -0.3 is 14.8 Å². The van der Waals surface area contributed by atoms with Crippen LogP contribution < -0.4 is 5.32 Å². The number of nitrogens with one attached hydrogen (secondary N) is 1. The molecule has 0 amide bonds. The third-order valence-electron chi connectivity index (χ3n) is 5.18. The molecule has 1 fully saturated rings. The molecule has 1 N–H and O–H groups in total. The third kappa shape index (κ3) is 9.28. The van der Waals surface area contributed by atoms with Gasteiger partial charge in [0.2, 0.25) is 0 Å². The Morgan fingerprint density at radius 2 is 2.06 bits per heavy atom. The normalized spacial score (nSPS) is 17.0. The van der Waals surface area contributed by atoms with Gasteiger partial charge in [0.1, 0.15) is 18.4 Å². The average Bonchev–Trinajstić information content (AvgIpc) is 2.79. The van der Waals surface area contributed by atoms with E-state index in [4.69, 9.17) is 9.47 Å². The Morgan fingerprint density at radius 1 is 1.31 bits per heavy atom. The Balaban J connectivity index is 2.01. The van der Waals surface area contributed by atoms with Crippen molar-refractivity contribution in [2.75, 3.05) is 13.2 Å². The van der Waals surface area contributed by atoms with Crippen molar-refractivity contribution in [3.63, 3.8) is 0 Å². The SMILES string of the molecule is C/C=C(\C=C(\C)C=O)/C=N/c1cccc(CNC(CC(C)C)C(=O)OC2CCOCC2)c1. The molecule has 0 bridgehead atoms. The van der Waals surface area contributed by atoms with Crippen molar-refractivity contribution in [3.05, 3.63) is 53.1 Å². The fraction of sp³-hybridized carbons (Fsp3) is 0.500. The predicted octanol–water partition coefficient (Wildman–Crippen LogP) is 4.71. The second-order valence-electron chi connectivity index (χ2n) is 8.53. The quantitative estimate of drug-likeness (QED) is 0.177.